The summed E-state index contributed by atoms with van der Waals surface area (Å²) in [5.41, 5.74) is 1.58. The second kappa shape index (κ2) is 6.94. The van der Waals surface area contributed by atoms with E-state index >= 15 is 0 Å². The van der Waals surface area contributed by atoms with Gasteiger partial charge in [-0.1, -0.05) is 19.1 Å². The van der Waals surface area contributed by atoms with Crippen molar-refractivity contribution in [3.63, 3.8) is 0 Å². The minimum Gasteiger partial charge on any atom is -0.316 e. The van der Waals surface area contributed by atoms with Crippen LogP contribution in [-0.4, -0.2) is 35.5 Å². The summed E-state index contributed by atoms with van der Waals surface area (Å²) in [7, 11) is 0. The van der Waals surface area contributed by atoms with E-state index in [0.29, 0.717) is 11.5 Å². The summed E-state index contributed by atoms with van der Waals surface area (Å²) in [6.07, 6.45) is 3.74. The SMILES string of the molecule is CC1(CN(Cc2cccc([N+](=O)[O-])c2)C2CC2)CCNC1.Cl. The van der Waals surface area contributed by atoms with Crippen molar-refractivity contribution >= 4 is 18.1 Å². The Kier molecular flexibility index (Phi) is 5.42. The van der Waals surface area contributed by atoms with Crippen molar-refractivity contribution in [1.82, 2.24) is 10.2 Å². The largest absolute Gasteiger partial charge is 0.316 e. The van der Waals surface area contributed by atoms with E-state index < -0.39 is 0 Å². The monoisotopic (exact) mass is 325 g/mol. The highest BCUT2D eigenvalue weighted by Crippen LogP contribution is 2.34. The number of non-ortho nitro benzene ring substituents is 1. The third-order valence-electron chi connectivity index (χ3n) is 4.61. The fraction of sp³-hybridized carbons (Fsp3) is 0.625. The van der Waals surface area contributed by atoms with Crippen molar-refractivity contribution < 1.29 is 4.92 Å². The van der Waals surface area contributed by atoms with E-state index in [9.17, 15) is 10.1 Å². The third-order valence-corrected chi connectivity index (χ3v) is 4.61. The van der Waals surface area contributed by atoms with E-state index in [2.05, 4.69) is 17.1 Å². The molecule has 22 heavy (non-hydrogen) atoms. The van der Waals surface area contributed by atoms with E-state index in [-0.39, 0.29) is 23.0 Å². The molecular weight excluding hydrogens is 302 g/mol. The van der Waals surface area contributed by atoms with Crippen LogP contribution in [0.5, 0.6) is 0 Å². The minimum atomic E-state index is -0.312. The maximum atomic E-state index is 10.9. The molecule has 1 saturated heterocycles. The molecule has 0 radical (unpaired) electrons. The van der Waals surface area contributed by atoms with Gasteiger partial charge in [0, 0.05) is 37.8 Å². The van der Waals surface area contributed by atoms with E-state index in [4.69, 9.17) is 0 Å². The van der Waals surface area contributed by atoms with Crippen LogP contribution >= 0.6 is 12.4 Å². The van der Waals surface area contributed by atoms with Gasteiger partial charge in [-0.25, -0.2) is 0 Å². The summed E-state index contributed by atoms with van der Waals surface area (Å²) in [6, 6.07) is 7.73. The summed E-state index contributed by atoms with van der Waals surface area (Å²) in [4.78, 5) is 13.1. The molecule has 1 saturated carbocycles. The van der Waals surface area contributed by atoms with Crippen molar-refractivity contribution in [1.29, 1.82) is 0 Å². The van der Waals surface area contributed by atoms with E-state index in [1.807, 2.05) is 6.07 Å². The number of hydrogen-bond acceptors (Lipinski definition) is 4. The van der Waals surface area contributed by atoms with Gasteiger partial charge in [0.1, 0.15) is 0 Å². The van der Waals surface area contributed by atoms with Crippen LogP contribution in [0, 0.1) is 15.5 Å². The number of halogens is 1. The molecule has 3 rings (SSSR count). The molecule has 122 valence electrons. The minimum absolute atomic E-state index is 0. The Morgan fingerprint density at radius 3 is 2.82 bits per heavy atom. The normalized spacial score (nSPS) is 24.3. The number of nitrogens with zero attached hydrogens (tertiary/aromatic N) is 2. The topological polar surface area (TPSA) is 58.4 Å². The molecule has 1 atom stereocenters. The smallest absolute Gasteiger partial charge is 0.269 e. The molecule has 1 aliphatic heterocycles. The highest BCUT2D eigenvalue weighted by atomic mass is 35.5. The Labute approximate surface area is 137 Å². The first kappa shape index (κ1) is 17.2. The first-order chi connectivity index (χ1) is 10.1. The first-order valence-electron chi connectivity index (χ1n) is 7.74. The second-order valence-electron chi connectivity index (χ2n) is 6.80. The summed E-state index contributed by atoms with van der Waals surface area (Å²) in [6.45, 7) is 6.42. The molecule has 2 fully saturated rings. The maximum Gasteiger partial charge on any atom is 0.269 e. The van der Waals surface area contributed by atoms with Gasteiger partial charge in [0.25, 0.3) is 5.69 Å². The number of nitro groups is 1. The lowest BCUT2D eigenvalue weighted by atomic mass is 9.89. The van der Waals surface area contributed by atoms with Crippen LogP contribution in [0.2, 0.25) is 0 Å². The highest BCUT2D eigenvalue weighted by molar-refractivity contribution is 5.85. The Hall–Kier alpha value is -1.17. The summed E-state index contributed by atoms with van der Waals surface area (Å²) >= 11 is 0. The maximum absolute atomic E-state index is 10.9. The molecular formula is C16H24ClN3O2. The lowest BCUT2D eigenvalue weighted by Gasteiger charge is -2.32. The molecule has 1 aromatic carbocycles. The molecule has 0 amide bonds. The van der Waals surface area contributed by atoms with Crippen molar-refractivity contribution in [2.75, 3.05) is 19.6 Å². The fourth-order valence-electron chi connectivity index (χ4n) is 3.25. The quantitative estimate of drug-likeness (QED) is 0.645. The van der Waals surface area contributed by atoms with Crippen molar-refractivity contribution in [3.8, 4) is 0 Å². The molecule has 0 spiro atoms. The molecule has 0 bridgehead atoms. The third kappa shape index (κ3) is 4.18. The van der Waals surface area contributed by atoms with Gasteiger partial charge in [-0.05, 0) is 36.8 Å². The molecule has 1 heterocycles. The number of nitrogens with one attached hydrogen (secondary N) is 1. The van der Waals surface area contributed by atoms with E-state index in [0.717, 1.165) is 31.7 Å². The van der Waals surface area contributed by atoms with E-state index in [1.165, 1.54) is 19.3 Å². The van der Waals surface area contributed by atoms with Crippen molar-refractivity contribution in [2.45, 2.75) is 38.8 Å². The Morgan fingerprint density at radius 2 is 2.23 bits per heavy atom. The predicted molar refractivity (Wildman–Crippen MR) is 89.4 cm³/mol. The van der Waals surface area contributed by atoms with Crippen LogP contribution in [0.15, 0.2) is 24.3 Å². The van der Waals surface area contributed by atoms with Crippen LogP contribution in [0.3, 0.4) is 0 Å². The van der Waals surface area contributed by atoms with Crippen LogP contribution in [0.25, 0.3) is 0 Å². The number of hydrogen-bond donors (Lipinski definition) is 1. The molecule has 1 aliphatic carbocycles. The average Bonchev–Trinajstić information content (AvgIpc) is 3.22. The predicted octanol–water partition coefficient (Wildman–Crippen LogP) is 2.98. The Balaban J connectivity index is 0.00000176. The van der Waals surface area contributed by atoms with Gasteiger partial charge in [0.15, 0.2) is 0 Å². The van der Waals surface area contributed by atoms with Crippen molar-refractivity contribution in [3.05, 3.63) is 39.9 Å². The molecule has 1 unspecified atom stereocenters. The average molecular weight is 326 g/mol. The van der Waals surface area contributed by atoms with Crippen LogP contribution in [-0.2, 0) is 6.54 Å². The van der Waals surface area contributed by atoms with Gasteiger partial charge in [-0.15, -0.1) is 12.4 Å². The number of rotatable bonds is 6. The van der Waals surface area contributed by atoms with Gasteiger partial charge < -0.3 is 5.32 Å². The summed E-state index contributed by atoms with van der Waals surface area (Å²) in [5.74, 6) is 0. The highest BCUT2D eigenvalue weighted by Gasteiger charge is 2.36. The van der Waals surface area contributed by atoms with Gasteiger partial charge in [-0.2, -0.15) is 0 Å². The molecule has 1 aromatic rings. The Bertz CT molecular complexity index is 528. The van der Waals surface area contributed by atoms with Gasteiger partial charge >= 0.3 is 0 Å². The standard InChI is InChI=1S/C16H23N3O2.ClH/c1-16(7-8-17-11-16)12-18(14-5-6-14)10-13-3-2-4-15(9-13)19(20)21;/h2-4,9,14,17H,5-8,10-12H2,1H3;1H. The van der Waals surface area contributed by atoms with Crippen LogP contribution in [0.4, 0.5) is 5.69 Å². The molecule has 0 aromatic heterocycles. The fourth-order valence-corrected chi connectivity index (χ4v) is 3.25. The lowest BCUT2D eigenvalue weighted by Crippen LogP contribution is -2.38. The zero-order chi connectivity index (χ0) is 14.9. The Morgan fingerprint density at radius 1 is 1.45 bits per heavy atom. The molecule has 2 aliphatic rings. The molecule has 1 N–H and O–H groups in total. The first-order valence-corrected chi connectivity index (χ1v) is 7.74. The summed E-state index contributed by atoms with van der Waals surface area (Å²) in [5, 5.41) is 14.3. The molecule has 5 nitrogen and oxygen atoms in total. The number of benzene rings is 1. The second-order valence-corrected chi connectivity index (χ2v) is 6.80. The van der Waals surface area contributed by atoms with Crippen LogP contribution < -0.4 is 5.32 Å². The number of nitro benzene ring substituents is 1. The zero-order valence-electron chi connectivity index (χ0n) is 13.0. The van der Waals surface area contributed by atoms with Gasteiger partial charge in [0.05, 0.1) is 4.92 Å². The van der Waals surface area contributed by atoms with E-state index in [1.54, 1.807) is 18.2 Å². The zero-order valence-corrected chi connectivity index (χ0v) is 13.8. The lowest BCUT2D eigenvalue weighted by molar-refractivity contribution is -0.384. The van der Waals surface area contributed by atoms with Crippen molar-refractivity contribution in [2.24, 2.45) is 5.41 Å². The van der Waals surface area contributed by atoms with Gasteiger partial charge in [-0.3, -0.25) is 15.0 Å². The summed E-state index contributed by atoms with van der Waals surface area (Å²) < 4.78 is 0. The molecule has 6 heteroatoms. The van der Waals surface area contributed by atoms with Crippen LogP contribution in [0.1, 0.15) is 31.7 Å². The van der Waals surface area contributed by atoms with Gasteiger partial charge in [0.2, 0.25) is 0 Å².